The lowest BCUT2D eigenvalue weighted by Gasteiger charge is -2.12. The highest BCUT2D eigenvalue weighted by atomic mass is 127. The van der Waals surface area contributed by atoms with Gasteiger partial charge in [0.25, 0.3) is 0 Å². The highest BCUT2D eigenvalue weighted by Crippen LogP contribution is 2.38. The number of nitrogens with zero attached hydrogens (tertiary/aromatic N) is 1. The second kappa shape index (κ2) is 8.89. The number of fused-ring (bicyclic) bond motifs is 1. The maximum absolute atomic E-state index is 5.41. The first kappa shape index (κ1) is 20.0. The Labute approximate surface area is 171 Å². The number of pyridine rings is 1. The van der Waals surface area contributed by atoms with Crippen LogP contribution in [0.4, 0.5) is 0 Å². The van der Waals surface area contributed by atoms with E-state index in [1.807, 2.05) is 24.3 Å². The normalized spacial score (nSPS) is 10.6. The van der Waals surface area contributed by atoms with E-state index in [9.17, 15) is 0 Å². The Hall–Kier alpha value is -2.28. The summed E-state index contributed by atoms with van der Waals surface area (Å²) < 4.78 is 18.4. The Morgan fingerprint density at radius 3 is 2.08 bits per heavy atom. The summed E-state index contributed by atoms with van der Waals surface area (Å²) in [6, 6.07) is 16.4. The molecule has 0 radical (unpaired) electrons. The third-order valence-corrected chi connectivity index (χ3v) is 4.25. The van der Waals surface area contributed by atoms with Gasteiger partial charge in [-0.2, -0.15) is 4.57 Å². The number of hydrogen-bond acceptors (Lipinski definition) is 3. The molecule has 0 saturated carbocycles. The molecule has 2 aromatic carbocycles. The Balaban J connectivity index is 0.00000243. The lowest BCUT2D eigenvalue weighted by Crippen LogP contribution is -3.00. The molecule has 0 amide bonds. The second-order valence-electron chi connectivity index (χ2n) is 5.67. The molecule has 4 nitrogen and oxygen atoms in total. The van der Waals surface area contributed by atoms with Gasteiger partial charge >= 0.3 is 0 Å². The van der Waals surface area contributed by atoms with Crippen LogP contribution in [-0.2, 0) is 7.05 Å². The van der Waals surface area contributed by atoms with Gasteiger partial charge in [0.2, 0.25) is 17.0 Å². The van der Waals surface area contributed by atoms with Gasteiger partial charge in [0.15, 0.2) is 11.5 Å². The molecule has 1 aromatic heterocycles. The average molecular weight is 463 g/mol. The van der Waals surface area contributed by atoms with Crippen LogP contribution in [0.5, 0.6) is 17.2 Å². The number of aromatic nitrogens is 1. The fraction of sp³-hybridized carbons (Fsp3) is 0.190. The molecule has 0 unspecified atom stereocenters. The summed E-state index contributed by atoms with van der Waals surface area (Å²) in [5.41, 5.74) is 3.27. The maximum Gasteiger partial charge on any atom is 0.212 e. The molecule has 0 aliphatic carbocycles. The summed E-state index contributed by atoms with van der Waals surface area (Å²) in [4.78, 5) is 0. The van der Waals surface area contributed by atoms with Crippen molar-refractivity contribution in [2.24, 2.45) is 7.05 Å². The molecule has 26 heavy (non-hydrogen) atoms. The Kier molecular flexibility index (Phi) is 6.85. The average Bonchev–Trinajstić information content (AvgIpc) is 2.66. The van der Waals surface area contributed by atoms with Gasteiger partial charge in [-0.05, 0) is 35.9 Å². The van der Waals surface area contributed by atoms with E-state index in [1.54, 1.807) is 21.3 Å². The molecular weight excluding hydrogens is 441 g/mol. The molecular formula is C21H22INO3. The highest BCUT2D eigenvalue weighted by Gasteiger charge is 2.13. The van der Waals surface area contributed by atoms with Crippen LogP contribution in [0.25, 0.3) is 23.1 Å². The summed E-state index contributed by atoms with van der Waals surface area (Å²) in [7, 11) is 6.91. The first-order chi connectivity index (χ1) is 12.2. The molecule has 0 aliphatic rings. The maximum atomic E-state index is 5.41. The quantitative estimate of drug-likeness (QED) is 0.416. The number of benzene rings is 2. The first-order valence-electron chi connectivity index (χ1n) is 8.03. The van der Waals surface area contributed by atoms with Gasteiger partial charge in [0.1, 0.15) is 7.05 Å². The van der Waals surface area contributed by atoms with Crippen molar-refractivity contribution in [3.05, 3.63) is 59.8 Å². The van der Waals surface area contributed by atoms with Gasteiger partial charge in [-0.1, -0.05) is 12.1 Å². The zero-order chi connectivity index (χ0) is 17.8. The first-order valence-corrected chi connectivity index (χ1v) is 8.03. The number of rotatable bonds is 5. The lowest BCUT2D eigenvalue weighted by atomic mass is 10.1. The van der Waals surface area contributed by atoms with Gasteiger partial charge in [-0.15, -0.1) is 0 Å². The second-order valence-corrected chi connectivity index (χ2v) is 5.67. The largest absolute Gasteiger partial charge is 1.00 e. The number of ether oxygens (including phenoxy) is 3. The van der Waals surface area contributed by atoms with Gasteiger partial charge in [-0.25, -0.2) is 0 Å². The molecule has 5 heteroatoms. The summed E-state index contributed by atoms with van der Waals surface area (Å²) >= 11 is 0. The van der Waals surface area contributed by atoms with Crippen LogP contribution >= 0.6 is 0 Å². The summed E-state index contributed by atoms with van der Waals surface area (Å²) in [6.45, 7) is 0. The van der Waals surface area contributed by atoms with Gasteiger partial charge in [0.05, 0.1) is 21.3 Å². The smallest absolute Gasteiger partial charge is 0.212 e. The van der Waals surface area contributed by atoms with Gasteiger partial charge in [0, 0.05) is 23.6 Å². The highest BCUT2D eigenvalue weighted by molar-refractivity contribution is 5.77. The third-order valence-electron chi connectivity index (χ3n) is 4.25. The van der Waals surface area contributed by atoms with Crippen LogP contribution in [0.15, 0.2) is 48.5 Å². The minimum atomic E-state index is 0. The predicted octanol–water partition coefficient (Wildman–Crippen LogP) is 0.864. The van der Waals surface area contributed by atoms with E-state index in [2.05, 4.69) is 48.0 Å². The fourth-order valence-corrected chi connectivity index (χ4v) is 2.91. The van der Waals surface area contributed by atoms with Crippen LogP contribution in [0, 0.1) is 0 Å². The van der Waals surface area contributed by atoms with Crippen molar-refractivity contribution in [3.63, 3.8) is 0 Å². The van der Waals surface area contributed by atoms with E-state index in [-0.39, 0.29) is 24.0 Å². The van der Waals surface area contributed by atoms with Crippen molar-refractivity contribution in [1.29, 1.82) is 0 Å². The van der Waals surface area contributed by atoms with E-state index >= 15 is 0 Å². The SMILES string of the molecule is COc1cc(/C=C/c2ccc3ccccc3[n+]2C)cc(OC)c1OC.[I-]. The summed E-state index contributed by atoms with van der Waals surface area (Å²) in [5.74, 6) is 1.88. The van der Waals surface area contributed by atoms with Crippen LogP contribution in [0.1, 0.15) is 11.3 Å². The van der Waals surface area contributed by atoms with Crippen molar-refractivity contribution in [2.45, 2.75) is 0 Å². The molecule has 0 spiro atoms. The zero-order valence-corrected chi connectivity index (χ0v) is 17.5. The van der Waals surface area contributed by atoms with Crippen molar-refractivity contribution < 1.29 is 42.8 Å². The molecule has 0 fully saturated rings. The number of hydrogen-bond donors (Lipinski definition) is 0. The minimum absolute atomic E-state index is 0. The third kappa shape index (κ3) is 3.93. The minimum Gasteiger partial charge on any atom is -1.00 e. The van der Waals surface area contributed by atoms with E-state index in [4.69, 9.17) is 14.2 Å². The van der Waals surface area contributed by atoms with Crippen LogP contribution in [0.2, 0.25) is 0 Å². The fourth-order valence-electron chi connectivity index (χ4n) is 2.91. The number of methoxy groups -OCH3 is 3. The van der Waals surface area contributed by atoms with E-state index in [1.165, 1.54) is 10.9 Å². The van der Waals surface area contributed by atoms with Crippen molar-refractivity contribution in [3.8, 4) is 17.2 Å². The van der Waals surface area contributed by atoms with Crippen molar-refractivity contribution in [2.75, 3.05) is 21.3 Å². The van der Waals surface area contributed by atoms with Crippen molar-refractivity contribution >= 4 is 23.1 Å². The molecule has 0 N–H and O–H groups in total. The number of para-hydroxylation sites is 1. The molecule has 3 aromatic rings. The van der Waals surface area contributed by atoms with Crippen LogP contribution in [0.3, 0.4) is 0 Å². The van der Waals surface area contributed by atoms with Crippen LogP contribution in [-0.4, -0.2) is 21.3 Å². The summed E-state index contributed by atoms with van der Waals surface area (Å²) in [6.07, 6.45) is 4.11. The molecule has 0 aliphatic heterocycles. The Morgan fingerprint density at radius 2 is 1.46 bits per heavy atom. The number of aryl methyl sites for hydroxylation is 1. The van der Waals surface area contributed by atoms with E-state index in [0.29, 0.717) is 17.2 Å². The Morgan fingerprint density at radius 1 is 0.808 bits per heavy atom. The number of halogens is 1. The molecule has 1 heterocycles. The molecule has 0 saturated heterocycles. The van der Waals surface area contributed by atoms with E-state index in [0.717, 1.165) is 11.3 Å². The standard InChI is InChI=1S/C21H22NO3.HI/c1-22-17(12-10-16-7-5-6-8-18(16)22)11-9-15-13-19(23-2)21(25-4)20(14-15)24-3;/h5-14H,1-4H3;1H/q+1;/p-1/b11-9+;. The molecule has 3 rings (SSSR count). The topological polar surface area (TPSA) is 31.6 Å². The molecule has 0 atom stereocenters. The molecule has 136 valence electrons. The van der Waals surface area contributed by atoms with Crippen molar-refractivity contribution in [1.82, 2.24) is 0 Å². The Bertz CT molecular complexity index is 913. The predicted molar refractivity (Wildman–Crippen MR) is 100 cm³/mol. The summed E-state index contributed by atoms with van der Waals surface area (Å²) in [5, 5.41) is 1.22. The van der Waals surface area contributed by atoms with Crippen LogP contribution < -0.4 is 42.8 Å². The van der Waals surface area contributed by atoms with Gasteiger partial charge in [-0.3, -0.25) is 0 Å². The molecule has 0 bridgehead atoms. The van der Waals surface area contributed by atoms with E-state index < -0.39 is 0 Å². The lowest BCUT2D eigenvalue weighted by molar-refractivity contribution is -0.646. The monoisotopic (exact) mass is 463 g/mol. The zero-order valence-electron chi connectivity index (χ0n) is 15.3. The van der Waals surface area contributed by atoms with Gasteiger partial charge < -0.3 is 38.2 Å².